The van der Waals surface area contributed by atoms with Crippen LogP contribution in [0, 0.1) is 5.82 Å². The number of nitrogens with one attached hydrogen (secondary N) is 1. The molecule has 110 valence electrons. The highest BCUT2D eigenvalue weighted by molar-refractivity contribution is 5.84. The first-order chi connectivity index (χ1) is 9.34. The number of hydrogen-bond acceptors (Lipinski definition) is 3. The molecule has 1 heterocycles. The molecule has 2 atom stereocenters. The number of carbonyl (C=O) groups is 1. The van der Waals surface area contributed by atoms with Gasteiger partial charge in [0.2, 0.25) is 5.91 Å². The highest BCUT2D eigenvalue weighted by Crippen LogP contribution is 2.28. The molecule has 2 unspecified atom stereocenters. The number of benzene rings is 1. The van der Waals surface area contributed by atoms with Gasteiger partial charge in [-0.25, -0.2) is 4.39 Å². The summed E-state index contributed by atoms with van der Waals surface area (Å²) in [6.45, 7) is 6.10. The topological polar surface area (TPSA) is 41.6 Å². The summed E-state index contributed by atoms with van der Waals surface area (Å²) in [6, 6.07) is 6.04. The van der Waals surface area contributed by atoms with E-state index in [-0.39, 0.29) is 23.9 Å². The monoisotopic (exact) mass is 280 g/mol. The number of halogens is 1. The summed E-state index contributed by atoms with van der Waals surface area (Å²) in [5.74, 6) is -0.299. The lowest BCUT2D eigenvalue weighted by Crippen LogP contribution is -2.43. The molecule has 20 heavy (non-hydrogen) atoms. The van der Waals surface area contributed by atoms with Crippen molar-refractivity contribution in [3.05, 3.63) is 35.6 Å². The third kappa shape index (κ3) is 2.99. The summed E-state index contributed by atoms with van der Waals surface area (Å²) >= 11 is 0. The molecule has 2 rings (SSSR count). The van der Waals surface area contributed by atoms with Crippen LogP contribution >= 0.6 is 0 Å². The lowest BCUT2D eigenvalue weighted by molar-refractivity contribution is -0.133. The molecule has 1 N–H and O–H groups in total. The first-order valence-corrected chi connectivity index (χ1v) is 6.71. The molecule has 1 aliphatic heterocycles. The summed E-state index contributed by atoms with van der Waals surface area (Å²) in [4.78, 5) is 14.0. The van der Waals surface area contributed by atoms with Crippen LogP contribution in [0.15, 0.2) is 24.3 Å². The first-order valence-electron chi connectivity index (χ1n) is 6.71. The zero-order valence-electron chi connectivity index (χ0n) is 12.3. The predicted octanol–water partition coefficient (Wildman–Crippen LogP) is 2.07. The SMILES string of the molecule is COC(C)(C)CN1C(=O)C(C)NC1c1cccc(F)c1. The van der Waals surface area contributed by atoms with Gasteiger partial charge in [-0.05, 0) is 38.5 Å². The van der Waals surface area contributed by atoms with E-state index >= 15 is 0 Å². The fraction of sp³-hybridized carbons (Fsp3) is 0.533. The van der Waals surface area contributed by atoms with E-state index < -0.39 is 5.60 Å². The standard InChI is InChI=1S/C15H21FN2O2/c1-10-14(19)18(9-15(2,3)20-4)13(17-10)11-6-5-7-12(16)8-11/h5-8,10,13,17H,9H2,1-4H3. The number of amides is 1. The molecule has 1 saturated heterocycles. The molecular weight excluding hydrogens is 259 g/mol. The first kappa shape index (κ1) is 14.9. The van der Waals surface area contributed by atoms with Gasteiger partial charge in [0.05, 0.1) is 18.2 Å². The zero-order valence-corrected chi connectivity index (χ0v) is 12.3. The lowest BCUT2D eigenvalue weighted by Gasteiger charge is -2.32. The van der Waals surface area contributed by atoms with E-state index in [9.17, 15) is 9.18 Å². The van der Waals surface area contributed by atoms with E-state index in [4.69, 9.17) is 4.74 Å². The van der Waals surface area contributed by atoms with Gasteiger partial charge >= 0.3 is 0 Å². The van der Waals surface area contributed by atoms with Crippen molar-refractivity contribution in [2.45, 2.75) is 38.6 Å². The van der Waals surface area contributed by atoms with Gasteiger partial charge in [0, 0.05) is 7.11 Å². The van der Waals surface area contributed by atoms with Crippen molar-refractivity contribution in [3.63, 3.8) is 0 Å². The Morgan fingerprint density at radius 1 is 1.45 bits per heavy atom. The van der Waals surface area contributed by atoms with Crippen molar-refractivity contribution in [2.75, 3.05) is 13.7 Å². The van der Waals surface area contributed by atoms with E-state index in [1.807, 2.05) is 26.8 Å². The van der Waals surface area contributed by atoms with Crippen molar-refractivity contribution in [1.82, 2.24) is 10.2 Å². The maximum Gasteiger partial charge on any atom is 0.241 e. The molecule has 1 aliphatic rings. The molecule has 0 radical (unpaired) electrons. The van der Waals surface area contributed by atoms with E-state index in [1.165, 1.54) is 12.1 Å². The summed E-state index contributed by atoms with van der Waals surface area (Å²) in [5.41, 5.74) is 0.294. The van der Waals surface area contributed by atoms with E-state index in [2.05, 4.69) is 5.32 Å². The minimum Gasteiger partial charge on any atom is -0.377 e. The average molecular weight is 280 g/mol. The summed E-state index contributed by atoms with van der Waals surface area (Å²) in [5, 5.41) is 3.20. The van der Waals surface area contributed by atoms with Crippen LogP contribution in [-0.2, 0) is 9.53 Å². The average Bonchev–Trinajstić information content (AvgIpc) is 2.67. The molecule has 1 aromatic rings. The Hall–Kier alpha value is -1.46. The van der Waals surface area contributed by atoms with Crippen molar-refractivity contribution in [1.29, 1.82) is 0 Å². The largest absolute Gasteiger partial charge is 0.377 e. The van der Waals surface area contributed by atoms with Gasteiger partial charge < -0.3 is 9.64 Å². The number of ether oxygens (including phenoxy) is 1. The van der Waals surface area contributed by atoms with Crippen LogP contribution in [0.4, 0.5) is 4.39 Å². The Morgan fingerprint density at radius 3 is 2.75 bits per heavy atom. The molecular formula is C15H21FN2O2. The maximum atomic E-state index is 13.4. The minimum atomic E-state index is -0.451. The highest BCUT2D eigenvalue weighted by atomic mass is 19.1. The van der Waals surface area contributed by atoms with Crippen LogP contribution < -0.4 is 5.32 Å². The van der Waals surface area contributed by atoms with Gasteiger partial charge in [0.25, 0.3) is 0 Å². The molecule has 1 amide bonds. The molecule has 0 spiro atoms. The van der Waals surface area contributed by atoms with Gasteiger partial charge in [0.15, 0.2) is 0 Å². The van der Waals surface area contributed by atoms with Crippen LogP contribution in [0.5, 0.6) is 0 Å². The van der Waals surface area contributed by atoms with Gasteiger partial charge in [0.1, 0.15) is 12.0 Å². The Bertz CT molecular complexity index is 504. The van der Waals surface area contributed by atoms with E-state index in [0.29, 0.717) is 6.54 Å². The third-order valence-electron chi connectivity index (χ3n) is 3.64. The Balaban J connectivity index is 2.28. The van der Waals surface area contributed by atoms with Crippen LogP contribution in [0.3, 0.4) is 0 Å². The van der Waals surface area contributed by atoms with Crippen molar-refractivity contribution >= 4 is 5.91 Å². The molecule has 1 aromatic carbocycles. The third-order valence-corrected chi connectivity index (χ3v) is 3.64. The zero-order chi connectivity index (χ0) is 14.9. The van der Waals surface area contributed by atoms with E-state index in [0.717, 1.165) is 5.56 Å². The van der Waals surface area contributed by atoms with Crippen LogP contribution in [0.1, 0.15) is 32.5 Å². The number of rotatable bonds is 4. The minimum absolute atomic E-state index is 0.00406. The normalized spacial score (nSPS) is 23.4. The Kier molecular flexibility index (Phi) is 4.11. The summed E-state index contributed by atoms with van der Waals surface area (Å²) in [6.07, 6.45) is -0.317. The van der Waals surface area contributed by atoms with Crippen molar-refractivity contribution < 1.29 is 13.9 Å². The predicted molar refractivity (Wildman–Crippen MR) is 74.5 cm³/mol. The smallest absolute Gasteiger partial charge is 0.241 e. The molecule has 0 aromatic heterocycles. The summed E-state index contributed by atoms with van der Waals surface area (Å²) < 4.78 is 18.8. The number of hydrogen-bond donors (Lipinski definition) is 1. The molecule has 0 aliphatic carbocycles. The van der Waals surface area contributed by atoms with Gasteiger partial charge in [-0.1, -0.05) is 12.1 Å². The van der Waals surface area contributed by atoms with Crippen LogP contribution in [0.2, 0.25) is 0 Å². The Labute approximate surface area is 118 Å². The lowest BCUT2D eigenvalue weighted by atomic mass is 10.1. The Morgan fingerprint density at radius 2 is 2.15 bits per heavy atom. The van der Waals surface area contributed by atoms with Gasteiger partial charge in [-0.2, -0.15) is 0 Å². The number of carbonyl (C=O) groups excluding carboxylic acids is 1. The molecule has 5 heteroatoms. The fourth-order valence-corrected chi connectivity index (χ4v) is 2.37. The van der Waals surface area contributed by atoms with Gasteiger partial charge in [-0.15, -0.1) is 0 Å². The fourth-order valence-electron chi connectivity index (χ4n) is 2.37. The molecule has 1 fully saturated rings. The highest BCUT2D eigenvalue weighted by Gasteiger charge is 2.39. The second-order valence-electron chi connectivity index (χ2n) is 5.78. The van der Waals surface area contributed by atoms with Crippen LogP contribution in [0.25, 0.3) is 0 Å². The maximum absolute atomic E-state index is 13.4. The summed E-state index contributed by atoms with van der Waals surface area (Å²) in [7, 11) is 1.62. The molecule has 0 bridgehead atoms. The van der Waals surface area contributed by atoms with Crippen molar-refractivity contribution in [2.24, 2.45) is 0 Å². The van der Waals surface area contributed by atoms with E-state index in [1.54, 1.807) is 18.1 Å². The number of nitrogens with zero attached hydrogens (tertiary/aromatic N) is 1. The molecule has 0 saturated carbocycles. The number of methoxy groups -OCH3 is 1. The molecule has 4 nitrogen and oxygen atoms in total. The van der Waals surface area contributed by atoms with Gasteiger partial charge in [-0.3, -0.25) is 10.1 Å². The quantitative estimate of drug-likeness (QED) is 0.918. The second kappa shape index (κ2) is 5.50. The van der Waals surface area contributed by atoms with Crippen molar-refractivity contribution in [3.8, 4) is 0 Å². The second-order valence-corrected chi connectivity index (χ2v) is 5.78. The van der Waals surface area contributed by atoms with Crippen LogP contribution in [-0.4, -0.2) is 36.1 Å².